The van der Waals surface area contributed by atoms with Crippen molar-refractivity contribution in [1.29, 1.82) is 0 Å². The zero-order chi connectivity index (χ0) is 13.9. The van der Waals surface area contributed by atoms with E-state index in [2.05, 4.69) is 20.3 Å². The molecule has 0 spiro atoms. The van der Waals surface area contributed by atoms with Crippen molar-refractivity contribution in [1.82, 2.24) is 15.6 Å². The molecule has 0 amide bonds. The summed E-state index contributed by atoms with van der Waals surface area (Å²) in [7, 11) is 0. The molecule has 0 aliphatic carbocycles. The van der Waals surface area contributed by atoms with Gasteiger partial charge in [0.05, 0.1) is 5.56 Å². The summed E-state index contributed by atoms with van der Waals surface area (Å²) in [6.07, 6.45) is -4.34. The van der Waals surface area contributed by atoms with Gasteiger partial charge < -0.3 is 5.32 Å². The molecule has 0 aliphatic rings. The highest BCUT2D eigenvalue weighted by Crippen LogP contribution is 2.31. The average molecular weight is 271 g/mol. The summed E-state index contributed by atoms with van der Waals surface area (Å²) in [5.74, 6) is 0. The van der Waals surface area contributed by atoms with Crippen LogP contribution in [0.5, 0.6) is 0 Å². The Hall–Kier alpha value is -1.89. The standard InChI is InChI=1S/C12H12F3N3O/c1-8-11(18-19-17-8)7-16-6-9-4-2-3-5-10(9)12(13,14)15/h2-5,16H,6-7H2,1H3. The number of rotatable bonds is 4. The van der Waals surface area contributed by atoms with E-state index in [9.17, 15) is 13.2 Å². The van der Waals surface area contributed by atoms with Crippen molar-refractivity contribution in [3.63, 3.8) is 0 Å². The highest BCUT2D eigenvalue weighted by molar-refractivity contribution is 5.29. The fraction of sp³-hybridized carbons (Fsp3) is 0.333. The Morgan fingerprint density at radius 1 is 1.16 bits per heavy atom. The fourth-order valence-electron chi connectivity index (χ4n) is 1.68. The molecule has 102 valence electrons. The first-order valence-electron chi connectivity index (χ1n) is 5.62. The van der Waals surface area contributed by atoms with Crippen LogP contribution in [0.25, 0.3) is 0 Å². The highest BCUT2D eigenvalue weighted by atomic mass is 19.4. The molecule has 0 radical (unpaired) electrons. The van der Waals surface area contributed by atoms with Crippen LogP contribution in [0.2, 0.25) is 0 Å². The molecule has 0 aliphatic heterocycles. The van der Waals surface area contributed by atoms with E-state index >= 15 is 0 Å². The van der Waals surface area contributed by atoms with E-state index in [-0.39, 0.29) is 12.1 Å². The van der Waals surface area contributed by atoms with Crippen LogP contribution >= 0.6 is 0 Å². The molecule has 0 atom stereocenters. The van der Waals surface area contributed by atoms with Crippen LogP contribution in [0.15, 0.2) is 28.9 Å². The van der Waals surface area contributed by atoms with E-state index in [0.717, 1.165) is 6.07 Å². The van der Waals surface area contributed by atoms with E-state index in [1.165, 1.54) is 12.1 Å². The molecule has 0 saturated carbocycles. The number of halogens is 3. The second-order valence-corrected chi connectivity index (χ2v) is 4.05. The van der Waals surface area contributed by atoms with Crippen LogP contribution in [0.1, 0.15) is 22.5 Å². The predicted octanol–water partition coefficient (Wildman–Crippen LogP) is 2.69. The van der Waals surface area contributed by atoms with Gasteiger partial charge in [-0.2, -0.15) is 13.2 Å². The Balaban J connectivity index is 2.02. The van der Waals surface area contributed by atoms with Gasteiger partial charge in [0.2, 0.25) is 0 Å². The van der Waals surface area contributed by atoms with Crippen molar-refractivity contribution < 1.29 is 17.8 Å². The summed E-state index contributed by atoms with van der Waals surface area (Å²) in [4.78, 5) is 0. The molecular weight excluding hydrogens is 259 g/mol. The van der Waals surface area contributed by atoms with Gasteiger partial charge in [-0.25, -0.2) is 4.63 Å². The number of alkyl halides is 3. The van der Waals surface area contributed by atoms with E-state index in [4.69, 9.17) is 0 Å². The van der Waals surface area contributed by atoms with Crippen LogP contribution < -0.4 is 5.32 Å². The van der Waals surface area contributed by atoms with Crippen LogP contribution in [0.4, 0.5) is 13.2 Å². The van der Waals surface area contributed by atoms with Gasteiger partial charge in [0.1, 0.15) is 11.4 Å². The van der Waals surface area contributed by atoms with Crippen molar-refractivity contribution >= 4 is 0 Å². The molecule has 0 unspecified atom stereocenters. The summed E-state index contributed by atoms with van der Waals surface area (Å²) >= 11 is 0. The van der Waals surface area contributed by atoms with Crippen molar-refractivity contribution in [2.24, 2.45) is 0 Å². The number of nitrogens with one attached hydrogen (secondary N) is 1. The molecule has 0 fully saturated rings. The Morgan fingerprint density at radius 2 is 1.89 bits per heavy atom. The molecule has 1 heterocycles. The fourth-order valence-corrected chi connectivity index (χ4v) is 1.68. The third-order valence-electron chi connectivity index (χ3n) is 2.68. The van der Waals surface area contributed by atoms with Crippen LogP contribution in [0, 0.1) is 6.92 Å². The lowest BCUT2D eigenvalue weighted by molar-refractivity contribution is -0.138. The van der Waals surface area contributed by atoms with E-state index < -0.39 is 11.7 Å². The molecule has 7 heteroatoms. The molecule has 2 rings (SSSR count). The maximum absolute atomic E-state index is 12.7. The lowest BCUT2D eigenvalue weighted by Gasteiger charge is -2.12. The largest absolute Gasteiger partial charge is 0.416 e. The summed E-state index contributed by atoms with van der Waals surface area (Å²) in [6, 6.07) is 5.47. The van der Waals surface area contributed by atoms with Crippen molar-refractivity contribution in [2.45, 2.75) is 26.2 Å². The van der Waals surface area contributed by atoms with Gasteiger partial charge >= 0.3 is 6.18 Å². The number of nitrogens with zero attached hydrogens (tertiary/aromatic N) is 2. The maximum atomic E-state index is 12.7. The Morgan fingerprint density at radius 3 is 2.53 bits per heavy atom. The Bertz CT molecular complexity index is 551. The quantitative estimate of drug-likeness (QED) is 0.928. The first-order valence-corrected chi connectivity index (χ1v) is 5.62. The number of aryl methyl sites for hydroxylation is 1. The lowest BCUT2D eigenvalue weighted by Crippen LogP contribution is -2.17. The number of aromatic nitrogens is 2. The van der Waals surface area contributed by atoms with Gasteiger partial charge in [-0.1, -0.05) is 28.5 Å². The first-order chi connectivity index (χ1) is 8.98. The van der Waals surface area contributed by atoms with Crippen molar-refractivity contribution in [3.8, 4) is 0 Å². The lowest BCUT2D eigenvalue weighted by atomic mass is 10.1. The number of hydrogen-bond acceptors (Lipinski definition) is 4. The summed E-state index contributed by atoms with van der Waals surface area (Å²) in [5.41, 5.74) is 0.780. The molecule has 0 bridgehead atoms. The maximum Gasteiger partial charge on any atom is 0.416 e. The zero-order valence-electron chi connectivity index (χ0n) is 10.2. The van der Waals surface area contributed by atoms with Gasteiger partial charge in [0, 0.05) is 13.1 Å². The molecule has 2 aromatic rings. The normalized spacial score (nSPS) is 11.8. The number of hydrogen-bond donors (Lipinski definition) is 1. The molecule has 0 saturated heterocycles. The monoisotopic (exact) mass is 271 g/mol. The Kier molecular flexibility index (Phi) is 3.84. The number of benzene rings is 1. The Labute approximate surface area is 107 Å². The van der Waals surface area contributed by atoms with Crippen LogP contribution in [-0.4, -0.2) is 10.3 Å². The van der Waals surface area contributed by atoms with E-state index in [1.807, 2.05) is 0 Å². The molecular formula is C12H12F3N3O. The molecule has 1 aromatic carbocycles. The summed E-state index contributed by atoms with van der Waals surface area (Å²) in [5, 5.41) is 10.1. The minimum Gasteiger partial charge on any atom is -0.307 e. The molecule has 19 heavy (non-hydrogen) atoms. The molecule has 4 nitrogen and oxygen atoms in total. The average Bonchev–Trinajstić information content (AvgIpc) is 2.75. The topological polar surface area (TPSA) is 51.0 Å². The van der Waals surface area contributed by atoms with Crippen LogP contribution in [0.3, 0.4) is 0 Å². The van der Waals surface area contributed by atoms with Crippen molar-refractivity contribution in [3.05, 3.63) is 46.8 Å². The minimum absolute atomic E-state index is 0.0992. The van der Waals surface area contributed by atoms with E-state index in [1.54, 1.807) is 13.0 Å². The first kappa shape index (κ1) is 13.5. The van der Waals surface area contributed by atoms with Crippen molar-refractivity contribution in [2.75, 3.05) is 0 Å². The zero-order valence-corrected chi connectivity index (χ0v) is 10.2. The second kappa shape index (κ2) is 5.40. The summed E-state index contributed by atoms with van der Waals surface area (Å²) in [6.45, 7) is 2.13. The highest BCUT2D eigenvalue weighted by Gasteiger charge is 2.32. The third kappa shape index (κ3) is 3.31. The van der Waals surface area contributed by atoms with Gasteiger partial charge in [-0.3, -0.25) is 0 Å². The van der Waals surface area contributed by atoms with Gasteiger partial charge in [-0.05, 0) is 18.6 Å². The van der Waals surface area contributed by atoms with Gasteiger partial charge in [0.15, 0.2) is 0 Å². The molecule has 1 aromatic heterocycles. The van der Waals surface area contributed by atoms with E-state index in [0.29, 0.717) is 17.9 Å². The predicted molar refractivity (Wildman–Crippen MR) is 61.0 cm³/mol. The molecule has 1 N–H and O–H groups in total. The summed E-state index contributed by atoms with van der Waals surface area (Å²) < 4.78 is 42.8. The minimum atomic E-state index is -4.34. The smallest absolute Gasteiger partial charge is 0.307 e. The van der Waals surface area contributed by atoms with Gasteiger partial charge in [-0.15, -0.1) is 0 Å². The third-order valence-corrected chi connectivity index (χ3v) is 2.68. The van der Waals surface area contributed by atoms with Crippen LogP contribution in [-0.2, 0) is 19.3 Å². The van der Waals surface area contributed by atoms with Gasteiger partial charge in [0.25, 0.3) is 0 Å². The SMILES string of the molecule is Cc1nonc1CNCc1ccccc1C(F)(F)F. The second-order valence-electron chi connectivity index (χ2n) is 4.05.